The SMILES string of the molecule is O=C(NCc1ccccc1F)c1ccccc1CSc1nc2ccccc2[nH]1. The van der Waals surface area contributed by atoms with Crippen molar-refractivity contribution in [3.63, 3.8) is 0 Å². The van der Waals surface area contributed by atoms with Crippen LogP contribution in [-0.2, 0) is 12.3 Å². The number of benzene rings is 3. The van der Waals surface area contributed by atoms with E-state index in [-0.39, 0.29) is 18.3 Å². The highest BCUT2D eigenvalue weighted by atomic mass is 32.2. The van der Waals surface area contributed by atoms with Gasteiger partial charge in [0.1, 0.15) is 5.82 Å². The summed E-state index contributed by atoms with van der Waals surface area (Å²) in [7, 11) is 0. The van der Waals surface area contributed by atoms with Gasteiger partial charge < -0.3 is 10.3 Å². The molecule has 1 aromatic heterocycles. The van der Waals surface area contributed by atoms with E-state index in [0.29, 0.717) is 16.9 Å². The van der Waals surface area contributed by atoms with Crippen molar-refractivity contribution in [3.05, 3.63) is 95.3 Å². The molecular weight excluding hydrogens is 373 g/mol. The number of rotatable bonds is 6. The summed E-state index contributed by atoms with van der Waals surface area (Å²) < 4.78 is 13.8. The second-order valence-electron chi connectivity index (χ2n) is 6.28. The Labute approximate surface area is 166 Å². The van der Waals surface area contributed by atoms with Crippen LogP contribution in [0, 0.1) is 5.82 Å². The smallest absolute Gasteiger partial charge is 0.251 e. The van der Waals surface area contributed by atoms with E-state index in [1.54, 1.807) is 36.0 Å². The van der Waals surface area contributed by atoms with Crippen molar-refractivity contribution < 1.29 is 9.18 Å². The van der Waals surface area contributed by atoms with Crippen molar-refractivity contribution in [2.75, 3.05) is 0 Å². The lowest BCUT2D eigenvalue weighted by Gasteiger charge is -2.10. The van der Waals surface area contributed by atoms with Gasteiger partial charge in [0.05, 0.1) is 11.0 Å². The lowest BCUT2D eigenvalue weighted by Crippen LogP contribution is -2.24. The number of imidazole rings is 1. The third-order valence-corrected chi connectivity index (χ3v) is 5.31. The van der Waals surface area contributed by atoms with Crippen molar-refractivity contribution in [1.29, 1.82) is 0 Å². The monoisotopic (exact) mass is 391 g/mol. The van der Waals surface area contributed by atoms with Crippen molar-refractivity contribution in [3.8, 4) is 0 Å². The molecule has 0 fully saturated rings. The summed E-state index contributed by atoms with van der Waals surface area (Å²) in [5.41, 5.74) is 3.85. The lowest BCUT2D eigenvalue weighted by atomic mass is 10.1. The molecule has 1 heterocycles. The van der Waals surface area contributed by atoms with Gasteiger partial charge in [-0.3, -0.25) is 4.79 Å². The van der Waals surface area contributed by atoms with Gasteiger partial charge in [-0.15, -0.1) is 0 Å². The summed E-state index contributed by atoms with van der Waals surface area (Å²) in [4.78, 5) is 20.5. The number of amides is 1. The molecule has 1 amide bonds. The number of aromatic amines is 1. The molecule has 0 saturated carbocycles. The minimum atomic E-state index is -0.323. The molecule has 0 atom stereocenters. The molecule has 0 bridgehead atoms. The normalized spacial score (nSPS) is 10.9. The van der Waals surface area contributed by atoms with Gasteiger partial charge in [0.2, 0.25) is 0 Å². The third-order valence-electron chi connectivity index (χ3n) is 4.39. The number of halogens is 1. The van der Waals surface area contributed by atoms with Gasteiger partial charge in [-0.2, -0.15) is 0 Å². The Kier molecular flexibility index (Phi) is 5.39. The summed E-state index contributed by atoms with van der Waals surface area (Å²) in [6.07, 6.45) is 0. The van der Waals surface area contributed by atoms with Crippen LogP contribution >= 0.6 is 11.8 Å². The first-order chi connectivity index (χ1) is 13.7. The summed E-state index contributed by atoms with van der Waals surface area (Å²) >= 11 is 1.54. The molecule has 6 heteroatoms. The van der Waals surface area contributed by atoms with Gasteiger partial charge in [0, 0.05) is 23.4 Å². The zero-order valence-electron chi connectivity index (χ0n) is 15.0. The number of carbonyl (C=O) groups excluding carboxylic acids is 1. The molecule has 2 N–H and O–H groups in total. The van der Waals surface area contributed by atoms with Crippen LogP contribution in [0.2, 0.25) is 0 Å². The van der Waals surface area contributed by atoms with E-state index in [4.69, 9.17) is 0 Å². The van der Waals surface area contributed by atoms with Gasteiger partial charge >= 0.3 is 0 Å². The van der Waals surface area contributed by atoms with Crippen LogP contribution in [-0.4, -0.2) is 15.9 Å². The molecule has 4 aromatic rings. The van der Waals surface area contributed by atoms with Crippen LogP contribution in [0.15, 0.2) is 78.0 Å². The van der Waals surface area contributed by atoms with Crippen LogP contribution in [0.5, 0.6) is 0 Å². The van der Waals surface area contributed by atoms with E-state index in [9.17, 15) is 9.18 Å². The predicted octanol–water partition coefficient (Wildman–Crippen LogP) is 4.92. The molecule has 0 aliphatic carbocycles. The lowest BCUT2D eigenvalue weighted by molar-refractivity contribution is 0.0950. The van der Waals surface area contributed by atoms with Crippen LogP contribution < -0.4 is 5.32 Å². The predicted molar refractivity (Wildman–Crippen MR) is 110 cm³/mol. The Bertz CT molecular complexity index is 1090. The minimum Gasteiger partial charge on any atom is -0.348 e. The van der Waals surface area contributed by atoms with Crippen molar-refractivity contribution in [2.45, 2.75) is 17.5 Å². The number of hydrogen-bond donors (Lipinski definition) is 2. The van der Waals surface area contributed by atoms with Crippen LogP contribution in [0.1, 0.15) is 21.5 Å². The number of hydrogen-bond acceptors (Lipinski definition) is 3. The molecule has 0 aliphatic heterocycles. The Morgan fingerprint density at radius 1 is 0.964 bits per heavy atom. The Morgan fingerprint density at radius 3 is 2.50 bits per heavy atom. The number of nitrogens with zero attached hydrogens (tertiary/aromatic N) is 1. The van der Waals surface area contributed by atoms with E-state index in [2.05, 4.69) is 15.3 Å². The average molecular weight is 391 g/mol. The minimum absolute atomic E-state index is 0.149. The molecule has 0 spiro atoms. The number of H-pyrrole nitrogens is 1. The number of thioether (sulfide) groups is 1. The quantitative estimate of drug-likeness (QED) is 0.459. The highest BCUT2D eigenvalue weighted by Gasteiger charge is 2.13. The number of para-hydroxylation sites is 2. The zero-order chi connectivity index (χ0) is 19.3. The van der Waals surface area contributed by atoms with Crippen LogP contribution in [0.3, 0.4) is 0 Å². The second kappa shape index (κ2) is 8.27. The molecular formula is C22H18FN3OS. The maximum atomic E-state index is 13.8. The fourth-order valence-electron chi connectivity index (χ4n) is 2.92. The standard InChI is InChI=1S/C22H18FN3OS/c23-18-10-4-2-7-15(18)13-24-21(27)17-9-3-1-8-16(17)14-28-22-25-19-11-5-6-12-20(19)26-22/h1-12H,13-14H2,(H,24,27)(H,25,26). The van der Waals surface area contributed by atoms with Crippen molar-refractivity contribution >= 4 is 28.7 Å². The highest BCUT2D eigenvalue weighted by Crippen LogP contribution is 2.24. The van der Waals surface area contributed by atoms with Gasteiger partial charge in [-0.1, -0.05) is 60.3 Å². The van der Waals surface area contributed by atoms with Gasteiger partial charge in [-0.05, 0) is 29.8 Å². The number of aromatic nitrogens is 2. The zero-order valence-corrected chi connectivity index (χ0v) is 15.8. The van der Waals surface area contributed by atoms with Crippen molar-refractivity contribution in [1.82, 2.24) is 15.3 Å². The Balaban J connectivity index is 1.45. The first-order valence-electron chi connectivity index (χ1n) is 8.88. The average Bonchev–Trinajstić information content (AvgIpc) is 3.15. The summed E-state index contributed by atoms with van der Waals surface area (Å²) in [6.45, 7) is 0.149. The first-order valence-corrected chi connectivity index (χ1v) is 9.86. The van der Waals surface area contributed by atoms with Crippen molar-refractivity contribution in [2.24, 2.45) is 0 Å². The molecule has 0 saturated heterocycles. The second-order valence-corrected chi connectivity index (χ2v) is 7.24. The fraction of sp³-hybridized carbons (Fsp3) is 0.0909. The largest absolute Gasteiger partial charge is 0.348 e. The van der Waals surface area contributed by atoms with Crippen LogP contribution in [0.4, 0.5) is 4.39 Å². The van der Waals surface area contributed by atoms with Gasteiger partial charge in [-0.25, -0.2) is 9.37 Å². The fourth-order valence-corrected chi connectivity index (χ4v) is 3.81. The van der Waals surface area contributed by atoms with Crippen LogP contribution in [0.25, 0.3) is 11.0 Å². The van der Waals surface area contributed by atoms with E-state index >= 15 is 0 Å². The maximum absolute atomic E-state index is 13.8. The number of fused-ring (bicyclic) bond motifs is 1. The summed E-state index contributed by atoms with van der Waals surface area (Å²) in [5, 5.41) is 3.61. The molecule has 140 valence electrons. The first kappa shape index (κ1) is 18.3. The Morgan fingerprint density at radius 2 is 1.68 bits per heavy atom. The van der Waals surface area contributed by atoms with E-state index in [1.807, 2.05) is 42.5 Å². The summed E-state index contributed by atoms with van der Waals surface area (Å²) in [5.74, 6) is 0.0592. The maximum Gasteiger partial charge on any atom is 0.251 e. The van der Waals surface area contributed by atoms with Gasteiger partial charge in [0.15, 0.2) is 5.16 Å². The van der Waals surface area contributed by atoms with Gasteiger partial charge in [0.25, 0.3) is 5.91 Å². The van der Waals surface area contributed by atoms with E-state index in [0.717, 1.165) is 21.8 Å². The van der Waals surface area contributed by atoms with E-state index < -0.39 is 0 Å². The molecule has 0 aliphatic rings. The number of nitrogens with one attached hydrogen (secondary N) is 2. The summed E-state index contributed by atoms with van der Waals surface area (Å²) in [6, 6.07) is 21.7. The third kappa shape index (κ3) is 4.07. The molecule has 4 nitrogen and oxygen atoms in total. The molecule has 3 aromatic carbocycles. The van der Waals surface area contributed by atoms with E-state index in [1.165, 1.54) is 6.07 Å². The molecule has 4 rings (SSSR count). The molecule has 0 radical (unpaired) electrons. The Hall–Kier alpha value is -3.12. The molecule has 0 unspecified atom stereocenters. The highest BCUT2D eigenvalue weighted by molar-refractivity contribution is 7.98. The molecule has 28 heavy (non-hydrogen) atoms. The topological polar surface area (TPSA) is 57.8 Å². The number of carbonyl (C=O) groups is 1.